The maximum atomic E-state index is 12.0. The minimum atomic E-state index is -0.842. The van der Waals surface area contributed by atoms with Crippen molar-refractivity contribution in [2.75, 3.05) is 6.61 Å². The smallest absolute Gasteiger partial charge is 0.316 e. The largest absolute Gasteiger partial charge is 0.465 e. The zero-order valence-electron chi connectivity index (χ0n) is 11.8. The van der Waals surface area contributed by atoms with Gasteiger partial charge in [0, 0.05) is 10.9 Å². The Balaban J connectivity index is 2.37. The molecule has 0 heterocycles. The Hall–Kier alpha value is -1.67. The van der Waals surface area contributed by atoms with Crippen LogP contribution >= 0.6 is 15.9 Å². The molecule has 0 aliphatic heterocycles. The second kappa shape index (κ2) is 6.40. The first-order chi connectivity index (χ1) is 10.0. The quantitative estimate of drug-likeness (QED) is 0.620. The normalized spacial score (nSPS) is 25.2. The van der Waals surface area contributed by atoms with E-state index in [1.165, 1.54) is 0 Å². The van der Waals surface area contributed by atoms with E-state index in [9.17, 15) is 14.9 Å². The van der Waals surface area contributed by atoms with Crippen molar-refractivity contribution in [2.45, 2.75) is 31.6 Å². The van der Waals surface area contributed by atoms with Gasteiger partial charge < -0.3 is 4.74 Å². The first kappa shape index (κ1) is 15.7. The number of hydrogen-bond acceptors (Lipinski definition) is 4. The highest BCUT2D eigenvalue weighted by Gasteiger charge is 2.46. The van der Waals surface area contributed by atoms with Crippen molar-refractivity contribution >= 4 is 27.7 Å². The number of carbonyl (C=O) groups excluding carboxylic acids is 2. The van der Waals surface area contributed by atoms with Crippen LogP contribution in [0.1, 0.15) is 31.7 Å². The van der Waals surface area contributed by atoms with E-state index in [1.54, 1.807) is 6.92 Å². The number of hydrogen-bond donors (Lipinski definition) is 0. The standard InChI is InChI=1S/C16H16BrNO3/c1-2-21-15(20)11-9-16(10-18,8-7-14(11)19)12-5-3-4-6-13(12)17/h3-6,11H,2,7-9H2,1H3. The lowest BCUT2D eigenvalue weighted by atomic mass is 9.66. The SMILES string of the molecule is CCOC(=O)C1CC(C#N)(c2ccccc2Br)CCC1=O. The minimum absolute atomic E-state index is 0.133. The number of nitriles is 1. The Kier molecular flexibility index (Phi) is 4.79. The van der Waals surface area contributed by atoms with Crippen LogP contribution in [-0.2, 0) is 19.7 Å². The predicted molar refractivity (Wildman–Crippen MR) is 80.4 cm³/mol. The first-order valence-corrected chi connectivity index (χ1v) is 7.69. The molecule has 0 bridgehead atoms. The number of ether oxygens (including phenoxy) is 1. The van der Waals surface area contributed by atoms with Crippen LogP contribution < -0.4 is 0 Å². The number of benzene rings is 1. The molecule has 1 saturated carbocycles. The molecule has 0 radical (unpaired) electrons. The Labute approximate surface area is 132 Å². The molecule has 0 saturated heterocycles. The van der Waals surface area contributed by atoms with Crippen LogP contribution in [0.25, 0.3) is 0 Å². The summed E-state index contributed by atoms with van der Waals surface area (Å²) in [5.74, 6) is -1.49. The van der Waals surface area contributed by atoms with E-state index < -0.39 is 17.3 Å². The molecule has 1 aliphatic rings. The van der Waals surface area contributed by atoms with Gasteiger partial charge in [0.1, 0.15) is 11.7 Å². The third-order valence-corrected chi connectivity index (χ3v) is 4.61. The van der Waals surface area contributed by atoms with Crippen LogP contribution in [0.4, 0.5) is 0 Å². The molecule has 1 aromatic carbocycles. The molecule has 110 valence electrons. The second-order valence-corrected chi connectivity index (χ2v) is 6.00. The van der Waals surface area contributed by atoms with Gasteiger partial charge in [-0.1, -0.05) is 34.1 Å². The van der Waals surface area contributed by atoms with Gasteiger partial charge in [-0.3, -0.25) is 9.59 Å². The lowest BCUT2D eigenvalue weighted by molar-refractivity contribution is -0.153. The molecule has 1 fully saturated rings. The average molecular weight is 350 g/mol. The Morgan fingerprint density at radius 3 is 2.86 bits per heavy atom. The molecule has 1 aromatic rings. The lowest BCUT2D eigenvalue weighted by Crippen LogP contribution is -2.40. The van der Waals surface area contributed by atoms with Crippen molar-refractivity contribution in [3.05, 3.63) is 34.3 Å². The molecular formula is C16H16BrNO3. The maximum Gasteiger partial charge on any atom is 0.316 e. The van der Waals surface area contributed by atoms with Crippen LogP contribution in [0.5, 0.6) is 0 Å². The highest BCUT2D eigenvalue weighted by Crippen LogP contribution is 2.43. The van der Waals surface area contributed by atoms with Gasteiger partial charge in [0.2, 0.25) is 0 Å². The molecule has 0 N–H and O–H groups in total. The van der Waals surface area contributed by atoms with Gasteiger partial charge in [-0.15, -0.1) is 0 Å². The molecule has 4 nitrogen and oxygen atoms in total. The third kappa shape index (κ3) is 3.01. The summed E-state index contributed by atoms with van der Waals surface area (Å²) in [4.78, 5) is 24.0. The summed E-state index contributed by atoms with van der Waals surface area (Å²) in [6.45, 7) is 1.94. The number of nitrogens with zero attached hydrogens (tertiary/aromatic N) is 1. The Morgan fingerprint density at radius 2 is 2.24 bits per heavy atom. The van der Waals surface area contributed by atoms with Gasteiger partial charge >= 0.3 is 5.97 Å². The average Bonchev–Trinajstić information content (AvgIpc) is 2.49. The molecule has 2 unspecified atom stereocenters. The van der Waals surface area contributed by atoms with E-state index in [1.807, 2.05) is 24.3 Å². The van der Waals surface area contributed by atoms with Crippen LogP contribution in [0.15, 0.2) is 28.7 Å². The zero-order chi connectivity index (χ0) is 15.5. The van der Waals surface area contributed by atoms with Gasteiger partial charge in [-0.25, -0.2) is 0 Å². The third-order valence-electron chi connectivity index (χ3n) is 3.91. The van der Waals surface area contributed by atoms with Crippen molar-refractivity contribution in [3.8, 4) is 6.07 Å². The fourth-order valence-corrected chi connectivity index (χ4v) is 3.45. The summed E-state index contributed by atoms with van der Waals surface area (Å²) in [6, 6.07) is 9.79. The maximum absolute atomic E-state index is 12.0. The fraction of sp³-hybridized carbons (Fsp3) is 0.438. The molecule has 2 atom stereocenters. The van der Waals surface area contributed by atoms with E-state index in [4.69, 9.17) is 4.74 Å². The summed E-state index contributed by atoms with van der Waals surface area (Å²) < 4.78 is 5.80. The van der Waals surface area contributed by atoms with Crippen LogP contribution in [0.2, 0.25) is 0 Å². The van der Waals surface area contributed by atoms with Crippen LogP contribution in [0.3, 0.4) is 0 Å². The van der Waals surface area contributed by atoms with Gasteiger partial charge in [-0.05, 0) is 31.4 Å². The highest BCUT2D eigenvalue weighted by molar-refractivity contribution is 9.10. The Bertz CT molecular complexity index is 608. The van der Waals surface area contributed by atoms with Crippen LogP contribution in [0, 0.1) is 17.2 Å². The monoisotopic (exact) mass is 349 g/mol. The summed E-state index contributed by atoms with van der Waals surface area (Å²) in [5, 5.41) is 9.70. The summed E-state index contributed by atoms with van der Waals surface area (Å²) in [5.41, 5.74) is 0.000109. The molecule has 0 aromatic heterocycles. The van der Waals surface area contributed by atoms with Gasteiger partial charge in [0.25, 0.3) is 0 Å². The van der Waals surface area contributed by atoms with Crippen molar-refractivity contribution in [2.24, 2.45) is 5.92 Å². The number of halogens is 1. The second-order valence-electron chi connectivity index (χ2n) is 5.15. The number of Topliss-reactive ketones (excluding diaryl/α,β-unsaturated/α-hetero) is 1. The van der Waals surface area contributed by atoms with E-state index in [0.717, 1.165) is 10.0 Å². The molecule has 5 heteroatoms. The topological polar surface area (TPSA) is 67.2 Å². The number of ketones is 1. The molecule has 0 spiro atoms. The van der Waals surface area contributed by atoms with E-state index >= 15 is 0 Å². The molecule has 1 aliphatic carbocycles. The number of esters is 1. The minimum Gasteiger partial charge on any atom is -0.465 e. The summed E-state index contributed by atoms with van der Waals surface area (Å²) >= 11 is 3.46. The molecule has 21 heavy (non-hydrogen) atoms. The van der Waals surface area contributed by atoms with Crippen molar-refractivity contribution in [1.29, 1.82) is 5.26 Å². The molecule has 2 rings (SSSR count). The predicted octanol–water partition coefficient (Wildman–Crippen LogP) is 3.14. The van der Waals surface area contributed by atoms with Gasteiger partial charge in [-0.2, -0.15) is 5.26 Å². The van der Waals surface area contributed by atoms with Gasteiger partial charge in [0.15, 0.2) is 0 Å². The Morgan fingerprint density at radius 1 is 1.52 bits per heavy atom. The molecule has 0 amide bonds. The van der Waals surface area contributed by atoms with Gasteiger partial charge in [0.05, 0.1) is 18.1 Å². The fourth-order valence-electron chi connectivity index (χ4n) is 2.79. The first-order valence-electron chi connectivity index (χ1n) is 6.89. The van der Waals surface area contributed by atoms with Crippen LogP contribution in [-0.4, -0.2) is 18.4 Å². The van der Waals surface area contributed by atoms with Crippen molar-refractivity contribution in [3.63, 3.8) is 0 Å². The zero-order valence-corrected chi connectivity index (χ0v) is 13.4. The van der Waals surface area contributed by atoms with E-state index in [0.29, 0.717) is 6.42 Å². The van der Waals surface area contributed by atoms with E-state index in [-0.39, 0.29) is 25.2 Å². The number of carbonyl (C=O) groups is 2. The molecular weight excluding hydrogens is 334 g/mol. The summed E-state index contributed by atoms with van der Waals surface area (Å²) in [7, 11) is 0. The summed E-state index contributed by atoms with van der Waals surface area (Å²) in [6.07, 6.45) is 0.836. The van der Waals surface area contributed by atoms with E-state index in [2.05, 4.69) is 22.0 Å². The van der Waals surface area contributed by atoms with Crippen molar-refractivity contribution < 1.29 is 14.3 Å². The van der Waals surface area contributed by atoms with Crippen molar-refractivity contribution in [1.82, 2.24) is 0 Å². The highest BCUT2D eigenvalue weighted by atomic mass is 79.9. The lowest BCUT2D eigenvalue weighted by Gasteiger charge is -2.34. The number of rotatable bonds is 3.